The molecule has 6 rings (SSSR count). The van der Waals surface area contributed by atoms with Gasteiger partial charge in [-0.05, 0) is 67.1 Å². The predicted molar refractivity (Wildman–Crippen MR) is 174 cm³/mol. The van der Waals surface area contributed by atoms with Gasteiger partial charge in [-0.1, -0.05) is 52.4 Å². The van der Waals surface area contributed by atoms with Crippen LogP contribution in [0.15, 0.2) is 70.5 Å². The largest absolute Gasteiger partial charge is 0.497 e. The number of anilines is 2. The zero-order valence-electron chi connectivity index (χ0n) is 23.8. The molecule has 3 heterocycles. The number of fused-ring (bicyclic) bond motifs is 2. The summed E-state index contributed by atoms with van der Waals surface area (Å²) in [6, 6.07) is 16.6. The third-order valence-electron chi connectivity index (χ3n) is 7.34. The summed E-state index contributed by atoms with van der Waals surface area (Å²) < 4.78 is 16.9. The molecule has 14 heteroatoms. The number of methoxy groups -OCH3 is 1. The van der Waals surface area contributed by atoms with Crippen LogP contribution >= 0.6 is 46.3 Å². The molecule has 2 aliphatic rings. The number of ether oxygens (including phenoxy) is 3. The van der Waals surface area contributed by atoms with Gasteiger partial charge in [0.25, 0.3) is 5.91 Å². The third-order valence-corrected chi connectivity index (χ3v) is 10.5. The summed E-state index contributed by atoms with van der Waals surface area (Å²) in [6.45, 7) is 1.79. The molecule has 3 amide bonds. The van der Waals surface area contributed by atoms with E-state index in [4.69, 9.17) is 37.4 Å². The molecule has 0 spiro atoms. The fourth-order valence-electron chi connectivity index (χ4n) is 5.38. The van der Waals surface area contributed by atoms with Gasteiger partial charge in [-0.2, -0.15) is 0 Å². The smallest absolute Gasteiger partial charge is 0.305 e. The highest BCUT2D eigenvalue weighted by Crippen LogP contribution is 2.54. The Hall–Kier alpha value is -3.97. The summed E-state index contributed by atoms with van der Waals surface area (Å²) in [5, 5.41) is 3.18. The van der Waals surface area contributed by atoms with E-state index in [0.29, 0.717) is 60.7 Å². The second-order valence-corrected chi connectivity index (χ2v) is 13.0. The van der Waals surface area contributed by atoms with Crippen molar-refractivity contribution < 1.29 is 28.6 Å². The summed E-state index contributed by atoms with van der Waals surface area (Å²) in [6.07, 6.45) is 0. The van der Waals surface area contributed by atoms with Crippen molar-refractivity contribution in [1.82, 2.24) is 4.98 Å². The molecular weight excluding hydrogens is 661 g/mol. The lowest BCUT2D eigenvalue weighted by Gasteiger charge is -2.30. The van der Waals surface area contributed by atoms with Crippen LogP contribution in [0, 0.1) is 5.92 Å². The zero-order chi connectivity index (χ0) is 31.8. The van der Waals surface area contributed by atoms with Crippen LogP contribution in [0.2, 0.25) is 10.0 Å². The van der Waals surface area contributed by atoms with Crippen LogP contribution in [-0.4, -0.2) is 48.3 Å². The molecule has 2 aliphatic heterocycles. The van der Waals surface area contributed by atoms with Gasteiger partial charge in [0.15, 0.2) is 18.1 Å². The van der Waals surface area contributed by atoms with E-state index in [1.807, 2.05) is 6.92 Å². The van der Waals surface area contributed by atoms with Crippen molar-refractivity contribution in [3.63, 3.8) is 0 Å². The number of halogens is 2. The minimum absolute atomic E-state index is 0.276. The van der Waals surface area contributed by atoms with Gasteiger partial charge in [-0.15, -0.1) is 0 Å². The number of carbonyl (C=O) groups excluding carboxylic acids is 3. The molecular formula is C31H25Cl2N3O7S2. The number of aromatic amines is 1. The fourth-order valence-corrected chi connectivity index (χ4v) is 8.20. The minimum Gasteiger partial charge on any atom is -0.497 e. The molecule has 232 valence electrons. The Morgan fingerprint density at radius 1 is 0.956 bits per heavy atom. The number of nitrogens with zero attached hydrogens (tertiary/aromatic N) is 1. The van der Waals surface area contributed by atoms with Crippen molar-refractivity contribution >= 4 is 75.4 Å². The summed E-state index contributed by atoms with van der Waals surface area (Å²) in [7, 11) is 1.54. The van der Waals surface area contributed by atoms with Crippen molar-refractivity contribution in [2.75, 3.05) is 30.5 Å². The Morgan fingerprint density at radius 3 is 2.44 bits per heavy atom. The highest BCUT2D eigenvalue weighted by molar-refractivity contribution is 8.00. The van der Waals surface area contributed by atoms with Crippen molar-refractivity contribution in [2.24, 2.45) is 5.92 Å². The van der Waals surface area contributed by atoms with Crippen LogP contribution in [-0.2, 0) is 14.4 Å². The van der Waals surface area contributed by atoms with Crippen LogP contribution in [0.5, 0.6) is 17.2 Å². The van der Waals surface area contributed by atoms with Gasteiger partial charge in [-0.25, -0.2) is 4.90 Å². The average molecular weight is 687 g/mol. The number of H-pyrrole nitrogens is 1. The van der Waals surface area contributed by atoms with Crippen molar-refractivity contribution in [3.8, 4) is 17.2 Å². The van der Waals surface area contributed by atoms with E-state index >= 15 is 0 Å². The van der Waals surface area contributed by atoms with E-state index < -0.39 is 23.0 Å². The van der Waals surface area contributed by atoms with E-state index in [0.717, 1.165) is 11.3 Å². The molecule has 0 bridgehead atoms. The van der Waals surface area contributed by atoms with Gasteiger partial charge >= 0.3 is 4.87 Å². The highest BCUT2D eigenvalue weighted by Gasteiger charge is 2.56. The number of aromatic nitrogens is 1. The van der Waals surface area contributed by atoms with Crippen LogP contribution in [0.4, 0.5) is 11.4 Å². The number of amides is 3. The van der Waals surface area contributed by atoms with Gasteiger partial charge in [0.1, 0.15) is 11.0 Å². The monoisotopic (exact) mass is 685 g/mol. The van der Waals surface area contributed by atoms with Crippen molar-refractivity contribution in [2.45, 2.75) is 23.1 Å². The Bertz CT molecular complexity index is 1860. The van der Waals surface area contributed by atoms with E-state index in [-0.39, 0.29) is 23.3 Å². The second kappa shape index (κ2) is 12.8. The molecule has 1 fully saturated rings. The Kier molecular flexibility index (Phi) is 8.82. The molecule has 2 N–H and O–H groups in total. The number of hydrogen-bond donors (Lipinski definition) is 2. The lowest BCUT2D eigenvalue weighted by molar-refractivity contribution is -0.122. The number of hydrogen-bond acceptors (Lipinski definition) is 9. The molecule has 4 aromatic rings. The number of carbonyl (C=O) groups is 3. The average Bonchev–Trinajstić information content (AvgIpc) is 3.52. The first kappa shape index (κ1) is 31.0. The number of benzene rings is 3. The van der Waals surface area contributed by atoms with Gasteiger partial charge in [-0.3, -0.25) is 19.2 Å². The fraction of sp³-hybridized carbons (Fsp3) is 0.226. The van der Waals surface area contributed by atoms with Crippen LogP contribution < -0.4 is 29.3 Å². The highest BCUT2D eigenvalue weighted by atomic mass is 35.5. The number of thiazole rings is 1. The Labute approximate surface area is 275 Å². The van der Waals surface area contributed by atoms with Crippen molar-refractivity contribution in [1.29, 1.82) is 0 Å². The lowest BCUT2D eigenvalue weighted by atomic mass is 9.83. The molecule has 0 aliphatic carbocycles. The van der Waals surface area contributed by atoms with E-state index in [1.54, 1.807) is 54.6 Å². The first-order valence-electron chi connectivity index (χ1n) is 13.7. The quantitative estimate of drug-likeness (QED) is 0.207. The van der Waals surface area contributed by atoms with E-state index in [2.05, 4.69) is 10.3 Å². The molecule has 10 nitrogen and oxygen atoms in total. The SMILES string of the molecule is CCOc1cc([C@H]2c3sc(=O)[nH]c3SC3C(=O)N(c4ccc(OC)cc4)C(=O)C32)ccc1OCC(=O)Nc1ccc(Cl)c(Cl)c1. The summed E-state index contributed by atoms with van der Waals surface area (Å²) in [5.74, 6) is -1.29. The molecule has 0 saturated carbocycles. The number of imide groups is 1. The number of thioether (sulfide) groups is 1. The second-order valence-electron chi connectivity index (χ2n) is 10.1. The molecule has 1 aromatic heterocycles. The normalized spacial score (nSPS) is 18.8. The topological polar surface area (TPSA) is 127 Å². The molecule has 3 atom stereocenters. The number of rotatable bonds is 9. The van der Waals surface area contributed by atoms with Crippen LogP contribution in [0.1, 0.15) is 23.3 Å². The number of nitrogens with one attached hydrogen (secondary N) is 2. The molecule has 3 aromatic carbocycles. The Morgan fingerprint density at radius 2 is 1.73 bits per heavy atom. The summed E-state index contributed by atoms with van der Waals surface area (Å²) >= 11 is 14.2. The maximum atomic E-state index is 14.0. The maximum Gasteiger partial charge on any atom is 0.305 e. The minimum atomic E-state index is -0.776. The van der Waals surface area contributed by atoms with Gasteiger partial charge < -0.3 is 24.5 Å². The first-order chi connectivity index (χ1) is 21.7. The maximum absolute atomic E-state index is 14.0. The molecule has 2 unspecified atom stereocenters. The third kappa shape index (κ3) is 6.02. The lowest BCUT2D eigenvalue weighted by Crippen LogP contribution is -2.32. The van der Waals surface area contributed by atoms with Crippen molar-refractivity contribution in [3.05, 3.63) is 90.8 Å². The zero-order valence-corrected chi connectivity index (χ0v) is 26.9. The first-order valence-corrected chi connectivity index (χ1v) is 16.2. The Balaban J connectivity index is 1.30. The molecule has 1 saturated heterocycles. The van der Waals surface area contributed by atoms with E-state index in [1.165, 1.54) is 29.8 Å². The predicted octanol–water partition coefficient (Wildman–Crippen LogP) is 5.96. The summed E-state index contributed by atoms with van der Waals surface area (Å²) in [4.78, 5) is 57.2. The summed E-state index contributed by atoms with van der Waals surface area (Å²) in [5.41, 5.74) is 1.56. The van der Waals surface area contributed by atoms with Crippen LogP contribution in [0.3, 0.4) is 0 Å². The van der Waals surface area contributed by atoms with Gasteiger partial charge in [0, 0.05) is 16.5 Å². The molecule has 45 heavy (non-hydrogen) atoms. The molecule has 0 radical (unpaired) electrons. The van der Waals surface area contributed by atoms with E-state index in [9.17, 15) is 19.2 Å². The van der Waals surface area contributed by atoms with Gasteiger partial charge in [0.05, 0.1) is 40.4 Å². The van der Waals surface area contributed by atoms with Gasteiger partial charge in [0.2, 0.25) is 11.8 Å². The standard InChI is InChI=1S/C31H25Cl2N3O7S2/c1-3-42-22-12-15(4-11-21(22)43-14-23(37)34-16-5-10-19(32)20(33)13-16)24-25-27(44-28-26(24)45-31(40)35-28)30(39)36(29(25)38)17-6-8-18(41-2)9-7-17/h4-13,24-25,27H,3,14H2,1-2H3,(H,34,37)(H,35,40)/t24-,25?,27?/m1/s1. The van der Waals surface area contributed by atoms with Crippen LogP contribution in [0.25, 0.3) is 0 Å².